The molecule has 0 aliphatic rings. The van der Waals surface area contributed by atoms with E-state index in [1.807, 2.05) is 60.8 Å². The number of furan rings is 1. The van der Waals surface area contributed by atoms with Gasteiger partial charge in [0, 0.05) is 23.2 Å². The molecule has 2 heterocycles. The maximum Gasteiger partial charge on any atom is 0.189 e. The molecule has 0 saturated heterocycles. The van der Waals surface area contributed by atoms with Gasteiger partial charge in [-0.25, -0.2) is 0 Å². The van der Waals surface area contributed by atoms with Crippen molar-refractivity contribution in [3.63, 3.8) is 0 Å². The Morgan fingerprint density at radius 3 is 2.83 bits per heavy atom. The molecule has 0 N–H and O–H groups in total. The van der Waals surface area contributed by atoms with Crippen LogP contribution in [0.25, 0.3) is 27.8 Å². The highest BCUT2D eigenvalue weighted by Gasteiger charge is 2.10. The average Bonchev–Trinajstić information content (AvgIpc) is 3.03. The quantitative estimate of drug-likeness (QED) is 0.377. The topological polar surface area (TPSA) is 43.1 Å². The third-order valence-corrected chi connectivity index (χ3v) is 3.84. The number of pyridine rings is 1. The van der Waals surface area contributed by atoms with Crippen molar-refractivity contribution >= 4 is 46.0 Å². The van der Waals surface area contributed by atoms with Crippen LogP contribution < -0.4 is 0 Å². The molecule has 0 fully saturated rings. The Kier molecular flexibility index (Phi) is 4.45. The average molecular weight is 336 g/mol. The van der Waals surface area contributed by atoms with Crippen molar-refractivity contribution in [3.05, 3.63) is 84.4 Å². The molecule has 4 heteroatoms. The Hall–Kier alpha value is -2.91. The lowest BCUT2D eigenvalue weighted by atomic mass is 10.1. The van der Waals surface area contributed by atoms with E-state index in [2.05, 4.69) is 4.98 Å². The molecule has 0 bridgehead atoms. The fourth-order valence-corrected chi connectivity index (χ4v) is 2.64. The number of halogens is 1. The first kappa shape index (κ1) is 16.0. The summed E-state index contributed by atoms with van der Waals surface area (Å²) in [5.74, 6) is -0.0650. The molecule has 0 unspecified atom stereocenters. The molecular formula is C20H14ClNO2. The number of benzene rings is 2. The molecule has 0 saturated carbocycles. The lowest BCUT2D eigenvalue weighted by Crippen LogP contribution is -1.91. The molecular weight excluding hydrogens is 322 g/mol. The van der Waals surface area contributed by atoms with Gasteiger partial charge >= 0.3 is 0 Å². The van der Waals surface area contributed by atoms with Crippen LogP contribution in [0.15, 0.2) is 77.7 Å². The molecule has 118 valence electrons. The van der Waals surface area contributed by atoms with Gasteiger partial charge in [-0.05, 0) is 35.2 Å². The number of hydrogen-bond acceptors (Lipinski definition) is 3. The largest absolute Gasteiger partial charge is 0.464 e. The summed E-state index contributed by atoms with van der Waals surface area (Å²) in [7, 11) is 0. The van der Waals surface area contributed by atoms with E-state index in [1.165, 1.54) is 6.26 Å². The van der Waals surface area contributed by atoms with Gasteiger partial charge in [0.1, 0.15) is 11.8 Å². The molecule has 2 aromatic carbocycles. The molecule has 3 nitrogen and oxygen atoms in total. The van der Waals surface area contributed by atoms with Gasteiger partial charge in [-0.2, -0.15) is 0 Å². The summed E-state index contributed by atoms with van der Waals surface area (Å²) in [4.78, 5) is 16.5. The number of allylic oxidation sites excluding steroid dienone is 1. The Morgan fingerprint density at radius 1 is 1.04 bits per heavy atom. The van der Waals surface area contributed by atoms with E-state index in [9.17, 15) is 4.79 Å². The van der Waals surface area contributed by atoms with Crippen molar-refractivity contribution < 1.29 is 9.21 Å². The summed E-state index contributed by atoms with van der Waals surface area (Å²) in [6, 6.07) is 15.5. The van der Waals surface area contributed by atoms with Crippen LogP contribution >= 0.6 is 12.4 Å². The highest BCUT2D eigenvalue weighted by molar-refractivity contribution is 6.14. The maximum atomic E-state index is 12.4. The van der Waals surface area contributed by atoms with Crippen molar-refractivity contribution in [2.75, 3.05) is 0 Å². The van der Waals surface area contributed by atoms with Crippen LogP contribution in [0, 0.1) is 0 Å². The molecule has 24 heavy (non-hydrogen) atoms. The van der Waals surface area contributed by atoms with Crippen molar-refractivity contribution in [3.8, 4) is 0 Å². The second-order valence-corrected chi connectivity index (χ2v) is 5.33. The van der Waals surface area contributed by atoms with Crippen LogP contribution in [0.3, 0.4) is 0 Å². The van der Waals surface area contributed by atoms with Crippen LogP contribution in [0.2, 0.25) is 0 Å². The SMILES string of the molecule is Cl.O=C(/C=C/c1ccc2cnccc2c1)c1coc2ccccc12. The third-order valence-electron chi connectivity index (χ3n) is 3.84. The van der Waals surface area contributed by atoms with Gasteiger partial charge in [0.15, 0.2) is 5.78 Å². The molecule has 4 aromatic rings. The van der Waals surface area contributed by atoms with Gasteiger partial charge in [-0.15, -0.1) is 12.4 Å². The predicted octanol–water partition coefficient (Wildman–Crippen LogP) is 5.30. The molecule has 0 spiro atoms. The third kappa shape index (κ3) is 2.94. The maximum absolute atomic E-state index is 12.4. The van der Waals surface area contributed by atoms with E-state index in [0.717, 1.165) is 27.3 Å². The number of hydrogen-bond donors (Lipinski definition) is 0. The van der Waals surface area contributed by atoms with E-state index >= 15 is 0 Å². The van der Waals surface area contributed by atoms with Crippen LogP contribution in [-0.4, -0.2) is 10.8 Å². The van der Waals surface area contributed by atoms with Crippen molar-refractivity contribution in [1.82, 2.24) is 4.98 Å². The van der Waals surface area contributed by atoms with Gasteiger partial charge in [0.2, 0.25) is 0 Å². The summed E-state index contributed by atoms with van der Waals surface area (Å²) in [5.41, 5.74) is 2.29. The van der Waals surface area contributed by atoms with Crippen molar-refractivity contribution in [1.29, 1.82) is 0 Å². The normalized spacial score (nSPS) is 11.0. The number of fused-ring (bicyclic) bond motifs is 2. The first-order valence-electron chi connectivity index (χ1n) is 7.34. The van der Waals surface area contributed by atoms with Gasteiger partial charge in [0.05, 0.1) is 5.56 Å². The van der Waals surface area contributed by atoms with Crippen LogP contribution in [-0.2, 0) is 0 Å². The monoisotopic (exact) mass is 335 g/mol. The Morgan fingerprint density at radius 2 is 1.92 bits per heavy atom. The number of carbonyl (C=O) groups is 1. The Bertz CT molecular complexity index is 1050. The van der Waals surface area contributed by atoms with Gasteiger partial charge in [0.25, 0.3) is 0 Å². The first-order chi connectivity index (χ1) is 11.3. The number of carbonyl (C=O) groups excluding carboxylic acids is 1. The fourth-order valence-electron chi connectivity index (χ4n) is 2.64. The number of aromatic nitrogens is 1. The van der Waals surface area contributed by atoms with Crippen LogP contribution in [0.5, 0.6) is 0 Å². The zero-order valence-corrected chi connectivity index (χ0v) is 13.5. The highest BCUT2D eigenvalue weighted by atomic mass is 35.5. The Balaban J connectivity index is 0.00000169. The second-order valence-electron chi connectivity index (χ2n) is 5.33. The van der Waals surface area contributed by atoms with E-state index < -0.39 is 0 Å². The first-order valence-corrected chi connectivity index (χ1v) is 7.34. The summed E-state index contributed by atoms with van der Waals surface area (Å²) in [6.45, 7) is 0. The summed E-state index contributed by atoms with van der Waals surface area (Å²) >= 11 is 0. The Labute approximate surface area is 145 Å². The van der Waals surface area contributed by atoms with Gasteiger partial charge < -0.3 is 4.42 Å². The van der Waals surface area contributed by atoms with Crippen molar-refractivity contribution in [2.24, 2.45) is 0 Å². The van der Waals surface area contributed by atoms with Gasteiger partial charge in [-0.3, -0.25) is 9.78 Å². The molecule has 0 radical (unpaired) electrons. The minimum atomic E-state index is -0.0650. The highest BCUT2D eigenvalue weighted by Crippen LogP contribution is 2.22. The number of rotatable bonds is 3. The summed E-state index contributed by atoms with van der Waals surface area (Å²) < 4.78 is 5.42. The molecule has 0 aliphatic carbocycles. The summed E-state index contributed by atoms with van der Waals surface area (Å²) in [6.07, 6.45) is 8.51. The predicted molar refractivity (Wildman–Crippen MR) is 98.6 cm³/mol. The van der Waals surface area contributed by atoms with E-state index in [0.29, 0.717) is 5.56 Å². The zero-order valence-electron chi connectivity index (χ0n) is 12.7. The smallest absolute Gasteiger partial charge is 0.189 e. The number of ketones is 1. The molecule has 0 amide bonds. The molecule has 0 aliphatic heterocycles. The van der Waals surface area contributed by atoms with E-state index in [-0.39, 0.29) is 18.2 Å². The zero-order chi connectivity index (χ0) is 15.6. The summed E-state index contributed by atoms with van der Waals surface area (Å²) in [5, 5.41) is 3.02. The lowest BCUT2D eigenvalue weighted by molar-refractivity contribution is 0.104. The van der Waals surface area contributed by atoms with Crippen LogP contribution in [0.1, 0.15) is 15.9 Å². The van der Waals surface area contributed by atoms with Gasteiger partial charge in [-0.1, -0.05) is 36.4 Å². The number of nitrogens with zero attached hydrogens (tertiary/aromatic N) is 1. The van der Waals surface area contributed by atoms with Crippen molar-refractivity contribution in [2.45, 2.75) is 0 Å². The lowest BCUT2D eigenvalue weighted by Gasteiger charge is -1.98. The van der Waals surface area contributed by atoms with Crippen LogP contribution in [0.4, 0.5) is 0 Å². The molecule has 0 atom stereocenters. The second kappa shape index (κ2) is 6.69. The standard InChI is InChI=1S/C20H13NO2.ClH/c22-19(18-13-23-20-4-2-1-3-17(18)20)8-6-14-5-7-16-12-21-10-9-15(16)11-14;/h1-13H;1H/b8-6+;. The van der Waals surface area contributed by atoms with E-state index in [4.69, 9.17) is 4.42 Å². The minimum Gasteiger partial charge on any atom is -0.464 e. The number of para-hydroxylation sites is 1. The fraction of sp³-hybridized carbons (Fsp3) is 0. The minimum absolute atomic E-state index is 0. The molecule has 4 rings (SSSR count). The molecule has 2 aromatic heterocycles. The van der Waals surface area contributed by atoms with E-state index in [1.54, 1.807) is 12.3 Å².